The molecule has 1 spiro atoms. The van der Waals surface area contributed by atoms with Gasteiger partial charge in [-0.1, -0.05) is 58.0 Å². The molecular weight excluding hydrogens is 369 g/mol. The number of hydrogen-bond donors (Lipinski definition) is 0. The van der Waals surface area contributed by atoms with Gasteiger partial charge in [0, 0.05) is 0 Å². The maximum absolute atomic E-state index is 12.0. The first kappa shape index (κ1) is 13.6. The highest BCUT2D eigenvalue weighted by Gasteiger charge is 2.88. The van der Waals surface area contributed by atoms with Crippen LogP contribution in [-0.2, 0) is 14.3 Å². The zero-order chi connectivity index (χ0) is 13.7. The van der Waals surface area contributed by atoms with Gasteiger partial charge in [-0.05, 0) is 6.42 Å². The lowest BCUT2D eigenvalue weighted by Gasteiger charge is -2.41. The van der Waals surface area contributed by atoms with Gasteiger partial charge in [0.25, 0.3) is 0 Å². The number of halogens is 6. The summed E-state index contributed by atoms with van der Waals surface area (Å²) in [6.07, 6.45) is -0.180. The topological polar surface area (TPSA) is 43.4 Å². The molecule has 1 aliphatic heterocycles. The van der Waals surface area contributed by atoms with Gasteiger partial charge >= 0.3 is 11.9 Å². The van der Waals surface area contributed by atoms with Crippen LogP contribution in [0.25, 0.3) is 0 Å². The van der Waals surface area contributed by atoms with E-state index < -0.39 is 30.9 Å². The number of carbonyl (C=O) groups excluding carboxylic acids is 2. The second kappa shape index (κ2) is 3.26. The number of esters is 2. The van der Waals surface area contributed by atoms with Crippen LogP contribution in [0.2, 0.25) is 0 Å². The van der Waals surface area contributed by atoms with Crippen molar-refractivity contribution < 1.29 is 14.3 Å². The Labute approximate surface area is 131 Å². The summed E-state index contributed by atoms with van der Waals surface area (Å²) in [6, 6.07) is 0. The normalized spacial score (nSPS) is 43.4. The first-order valence-electron chi connectivity index (χ1n) is 4.66. The van der Waals surface area contributed by atoms with Crippen molar-refractivity contribution in [3.63, 3.8) is 0 Å². The molecule has 18 heavy (non-hydrogen) atoms. The minimum Gasteiger partial charge on any atom is -0.389 e. The fourth-order valence-corrected chi connectivity index (χ4v) is 5.26. The fourth-order valence-electron chi connectivity index (χ4n) is 2.74. The molecule has 2 bridgehead atoms. The molecule has 0 radical (unpaired) electrons. The lowest BCUT2D eigenvalue weighted by atomic mass is 9.81. The Morgan fingerprint density at radius 3 is 2.11 bits per heavy atom. The smallest absolute Gasteiger partial charge is 0.344 e. The first-order chi connectivity index (χ1) is 8.04. The van der Waals surface area contributed by atoms with Gasteiger partial charge in [0.1, 0.15) is 10.3 Å². The molecule has 0 amide bonds. The number of cyclic esters (lactones) is 2. The Hall–Kier alpha value is 0.620. The van der Waals surface area contributed by atoms with Crippen molar-refractivity contribution in [1.29, 1.82) is 0 Å². The molecule has 2 fully saturated rings. The molecule has 2 unspecified atom stereocenters. The number of hydrogen-bond acceptors (Lipinski definition) is 3. The van der Waals surface area contributed by atoms with Gasteiger partial charge in [0.05, 0.1) is 10.6 Å². The number of rotatable bonds is 0. The average Bonchev–Trinajstić information content (AvgIpc) is 2.67. The van der Waals surface area contributed by atoms with E-state index in [-0.39, 0.29) is 17.0 Å². The molecule has 3 nitrogen and oxygen atoms in total. The van der Waals surface area contributed by atoms with Gasteiger partial charge in [-0.15, -0.1) is 11.6 Å². The average molecular weight is 371 g/mol. The van der Waals surface area contributed by atoms with E-state index in [1.807, 2.05) is 0 Å². The molecule has 3 aliphatic rings. The van der Waals surface area contributed by atoms with Crippen molar-refractivity contribution in [1.82, 2.24) is 0 Å². The van der Waals surface area contributed by atoms with E-state index in [9.17, 15) is 9.59 Å². The van der Waals surface area contributed by atoms with Gasteiger partial charge in [-0.3, -0.25) is 4.79 Å². The van der Waals surface area contributed by atoms with Crippen molar-refractivity contribution in [3.05, 3.63) is 10.6 Å². The Morgan fingerprint density at radius 1 is 1.00 bits per heavy atom. The van der Waals surface area contributed by atoms with Crippen molar-refractivity contribution in [3.8, 4) is 0 Å². The zero-order valence-electron chi connectivity index (χ0n) is 8.20. The standard InChI is InChI=1S/C9H2Cl6O3/c10-3-2-4(16)18-5(17)6(2)1-7(3,11)9(14,15)8(6,12)13/h1H2. The lowest BCUT2D eigenvalue weighted by Crippen LogP contribution is -2.54. The first-order valence-corrected chi connectivity index (χ1v) is 6.93. The summed E-state index contributed by atoms with van der Waals surface area (Å²) in [5, 5.41) is -0.137. The number of fused-ring (bicyclic) bond motifs is 1. The molecule has 1 saturated heterocycles. The lowest BCUT2D eigenvalue weighted by molar-refractivity contribution is -0.155. The van der Waals surface area contributed by atoms with Crippen molar-refractivity contribution in [2.75, 3.05) is 0 Å². The molecule has 0 aromatic rings. The molecule has 2 atom stereocenters. The minimum atomic E-state index is -2.01. The summed E-state index contributed by atoms with van der Waals surface area (Å²) in [6.45, 7) is 0. The quantitative estimate of drug-likeness (QED) is 0.373. The molecule has 98 valence electrons. The third-order valence-electron chi connectivity index (χ3n) is 3.67. The third kappa shape index (κ3) is 1.00. The van der Waals surface area contributed by atoms with E-state index >= 15 is 0 Å². The summed E-state index contributed by atoms with van der Waals surface area (Å²) >= 11 is 36.8. The largest absolute Gasteiger partial charge is 0.389 e. The Kier molecular flexibility index (Phi) is 2.46. The molecule has 0 N–H and O–H groups in total. The highest BCUT2D eigenvalue weighted by atomic mass is 35.5. The van der Waals surface area contributed by atoms with Crippen molar-refractivity contribution in [2.24, 2.45) is 5.41 Å². The van der Waals surface area contributed by atoms with Gasteiger partial charge in [-0.2, -0.15) is 0 Å². The molecule has 9 heteroatoms. The van der Waals surface area contributed by atoms with Gasteiger partial charge < -0.3 is 4.74 Å². The van der Waals surface area contributed by atoms with E-state index in [1.54, 1.807) is 0 Å². The SMILES string of the molecule is O=C1OC(=O)C23CC(Cl)(C(Cl)=C12)C(Cl)(Cl)C3(Cl)Cl. The van der Waals surface area contributed by atoms with Crippen LogP contribution in [0.1, 0.15) is 6.42 Å². The summed E-state index contributed by atoms with van der Waals surface area (Å²) in [7, 11) is 0. The monoisotopic (exact) mass is 368 g/mol. The third-order valence-corrected chi connectivity index (χ3v) is 7.89. The van der Waals surface area contributed by atoms with E-state index in [2.05, 4.69) is 4.74 Å². The van der Waals surface area contributed by atoms with Crippen LogP contribution >= 0.6 is 69.6 Å². The molecule has 3 rings (SSSR count). The summed E-state index contributed by atoms with van der Waals surface area (Å²) in [5.41, 5.74) is -1.86. The predicted octanol–water partition coefficient (Wildman–Crippen LogP) is 3.29. The summed E-state index contributed by atoms with van der Waals surface area (Å²) in [4.78, 5) is 22.0. The minimum absolute atomic E-state index is 0.137. The van der Waals surface area contributed by atoms with Crippen LogP contribution in [0, 0.1) is 5.41 Å². The molecular formula is C9H2Cl6O3. The van der Waals surface area contributed by atoms with Crippen LogP contribution in [0.5, 0.6) is 0 Å². The zero-order valence-corrected chi connectivity index (χ0v) is 12.7. The van der Waals surface area contributed by atoms with Crippen LogP contribution in [0.3, 0.4) is 0 Å². The Balaban J connectivity index is 2.43. The maximum Gasteiger partial charge on any atom is 0.344 e. The highest BCUT2D eigenvalue weighted by Crippen LogP contribution is 2.79. The van der Waals surface area contributed by atoms with Crippen LogP contribution in [0.15, 0.2) is 10.6 Å². The van der Waals surface area contributed by atoms with Crippen LogP contribution < -0.4 is 0 Å². The number of alkyl halides is 5. The second-order valence-electron chi connectivity index (χ2n) is 4.40. The number of allylic oxidation sites excluding steroid dienone is 1. The van der Waals surface area contributed by atoms with Gasteiger partial charge in [0.2, 0.25) is 0 Å². The number of ether oxygens (including phenoxy) is 1. The van der Waals surface area contributed by atoms with E-state index in [4.69, 9.17) is 69.6 Å². The molecule has 1 heterocycles. The second-order valence-corrected chi connectivity index (χ2v) is 8.08. The molecule has 0 aromatic carbocycles. The van der Waals surface area contributed by atoms with Gasteiger partial charge in [-0.25, -0.2) is 4.79 Å². The predicted molar refractivity (Wildman–Crippen MR) is 68.5 cm³/mol. The molecule has 0 aromatic heterocycles. The maximum atomic E-state index is 12.0. The van der Waals surface area contributed by atoms with E-state index in [0.717, 1.165) is 0 Å². The Bertz CT molecular complexity index is 553. The van der Waals surface area contributed by atoms with E-state index in [1.165, 1.54) is 0 Å². The summed E-state index contributed by atoms with van der Waals surface area (Å²) < 4.78 is 0.581. The fraction of sp³-hybridized carbons (Fsp3) is 0.556. The summed E-state index contributed by atoms with van der Waals surface area (Å²) in [5.74, 6) is -1.85. The van der Waals surface area contributed by atoms with Crippen LogP contribution in [-0.4, -0.2) is 25.5 Å². The number of carbonyl (C=O) groups is 2. The Morgan fingerprint density at radius 2 is 1.56 bits per heavy atom. The molecule has 2 aliphatic carbocycles. The van der Waals surface area contributed by atoms with Crippen molar-refractivity contribution >= 4 is 81.5 Å². The van der Waals surface area contributed by atoms with Crippen molar-refractivity contribution in [2.45, 2.75) is 20.0 Å². The molecule has 1 saturated carbocycles. The highest BCUT2D eigenvalue weighted by molar-refractivity contribution is 6.69. The van der Waals surface area contributed by atoms with Gasteiger partial charge in [0.15, 0.2) is 8.67 Å². The van der Waals surface area contributed by atoms with E-state index in [0.29, 0.717) is 0 Å². The van der Waals surface area contributed by atoms with Crippen LogP contribution in [0.4, 0.5) is 0 Å².